The van der Waals surface area contributed by atoms with Crippen molar-refractivity contribution in [1.82, 2.24) is 0 Å². The van der Waals surface area contributed by atoms with Gasteiger partial charge in [0.25, 0.3) is 0 Å². The van der Waals surface area contributed by atoms with E-state index in [1.54, 1.807) is 24.3 Å². The molecule has 0 radical (unpaired) electrons. The van der Waals surface area contributed by atoms with Crippen LogP contribution in [0.5, 0.6) is 0 Å². The van der Waals surface area contributed by atoms with Gasteiger partial charge in [-0.2, -0.15) is 5.48 Å². The van der Waals surface area contributed by atoms with Gasteiger partial charge in [0.05, 0.1) is 5.75 Å². The third-order valence-corrected chi connectivity index (χ3v) is 2.51. The van der Waals surface area contributed by atoms with Crippen LogP contribution in [0.2, 0.25) is 0 Å². The van der Waals surface area contributed by atoms with E-state index in [-0.39, 0.29) is 5.75 Å². The normalized spacial score (nSPS) is 11.5. The summed E-state index contributed by atoms with van der Waals surface area (Å²) in [5.41, 5.74) is 1.81. The van der Waals surface area contributed by atoms with Crippen LogP contribution in [0.15, 0.2) is 24.3 Å². The smallest absolute Gasteiger partial charge is 0.215 e. The molecule has 1 rings (SSSR count). The molecule has 0 saturated carbocycles. The van der Waals surface area contributed by atoms with Crippen LogP contribution < -0.4 is 5.48 Å². The van der Waals surface area contributed by atoms with E-state index in [2.05, 4.69) is 0 Å². The van der Waals surface area contributed by atoms with Crippen LogP contribution in [0, 0.1) is 0 Å². The standard InChI is InChI=1S/C7H8ClNO3S/c8-13(11,12)5-6-3-1-2-4-7(6)9-10/h1-4,9-10H,5H2/p+1. The summed E-state index contributed by atoms with van der Waals surface area (Å²) in [5.74, 6) is -0.276. The molecular formula is C7H9ClNO3S+. The van der Waals surface area contributed by atoms with Gasteiger partial charge in [0.15, 0.2) is 5.69 Å². The Morgan fingerprint density at radius 1 is 1.38 bits per heavy atom. The van der Waals surface area contributed by atoms with Crippen molar-refractivity contribution in [3.63, 3.8) is 0 Å². The van der Waals surface area contributed by atoms with Gasteiger partial charge in [-0.1, -0.05) is 18.2 Å². The third-order valence-electron chi connectivity index (χ3n) is 1.52. The molecule has 3 N–H and O–H groups in total. The fourth-order valence-corrected chi connectivity index (χ4v) is 1.96. The maximum absolute atomic E-state index is 10.7. The van der Waals surface area contributed by atoms with E-state index in [9.17, 15) is 8.42 Å². The predicted octanol–water partition coefficient (Wildman–Crippen LogP) is 0.339. The lowest BCUT2D eigenvalue weighted by atomic mass is 10.2. The van der Waals surface area contributed by atoms with Gasteiger partial charge in [-0.3, -0.25) is 0 Å². The number of para-hydroxylation sites is 1. The molecule has 72 valence electrons. The number of benzene rings is 1. The minimum Gasteiger partial charge on any atom is -0.215 e. The number of hydrogen-bond acceptors (Lipinski definition) is 3. The van der Waals surface area contributed by atoms with Gasteiger partial charge in [-0.05, 0) is 0 Å². The molecule has 1 aromatic rings. The highest BCUT2D eigenvalue weighted by atomic mass is 35.7. The van der Waals surface area contributed by atoms with E-state index < -0.39 is 9.05 Å². The van der Waals surface area contributed by atoms with Crippen LogP contribution in [0.4, 0.5) is 5.69 Å². The topological polar surface area (TPSA) is 71.0 Å². The van der Waals surface area contributed by atoms with Crippen molar-refractivity contribution in [3.8, 4) is 0 Å². The van der Waals surface area contributed by atoms with E-state index in [0.717, 1.165) is 5.48 Å². The van der Waals surface area contributed by atoms with Crippen LogP contribution in [-0.4, -0.2) is 13.6 Å². The number of hydrogen-bond donors (Lipinski definition) is 2. The first kappa shape index (κ1) is 10.5. The van der Waals surface area contributed by atoms with Crippen LogP contribution in [0.1, 0.15) is 5.56 Å². The van der Waals surface area contributed by atoms with Gasteiger partial charge in [0.1, 0.15) is 0 Å². The Morgan fingerprint density at radius 3 is 2.54 bits per heavy atom. The Morgan fingerprint density at radius 2 is 2.00 bits per heavy atom. The largest absolute Gasteiger partial charge is 0.236 e. The second-order valence-electron chi connectivity index (χ2n) is 2.51. The summed E-state index contributed by atoms with van der Waals surface area (Å²) in [4.78, 5) is 0. The fraction of sp³-hybridized carbons (Fsp3) is 0.143. The number of rotatable bonds is 3. The Kier molecular flexibility index (Phi) is 3.27. The molecule has 0 bridgehead atoms. The molecule has 0 saturated heterocycles. The monoisotopic (exact) mass is 222 g/mol. The zero-order valence-corrected chi connectivity index (χ0v) is 8.22. The third kappa shape index (κ3) is 3.31. The van der Waals surface area contributed by atoms with E-state index in [1.165, 1.54) is 0 Å². The molecule has 0 heterocycles. The van der Waals surface area contributed by atoms with Crippen molar-refractivity contribution in [3.05, 3.63) is 29.8 Å². The minimum absolute atomic E-state index is 0.276. The summed E-state index contributed by atoms with van der Waals surface area (Å²) >= 11 is 0. The molecule has 0 spiro atoms. The van der Waals surface area contributed by atoms with Gasteiger partial charge in [0, 0.05) is 22.3 Å². The van der Waals surface area contributed by atoms with Crippen molar-refractivity contribution in [2.45, 2.75) is 5.75 Å². The minimum atomic E-state index is -3.57. The van der Waals surface area contributed by atoms with Crippen molar-refractivity contribution in [2.75, 3.05) is 0 Å². The first-order valence-electron chi connectivity index (χ1n) is 3.50. The van der Waals surface area contributed by atoms with Gasteiger partial charge in [-0.25, -0.2) is 13.6 Å². The first-order chi connectivity index (χ1) is 6.03. The van der Waals surface area contributed by atoms with E-state index in [4.69, 9.17) is 15.9 Å². The molecular weight excluding hydrogens is 214 g/mol. The zero-order valence-electron chi connectivity index (χ0n) is 6.64. The highest BCUT2D eigenvalue weighted by Crippen LogP contribution is 2.14. The quantitative estimate of drug-likeness (QED) is 0.440. The van der Waals surface area contributed by atoms with E-state index in [1.807, 2.05) is 0 Å². The van der Waals surface area contributed by atoms with E-state index in [0.29, 0.717) is 11.3 Å². The number of nitrogens with two attached hydrogens (primary N) is 1. The molecule has 0 atom stereocenters. The Labute approximate surface area is 80.5 Å². The van der Waals surface area contributed by atoms with Crippen molar-refractivity contribution in [2.24, 2.45) is 0 Å². The van der Waals surface area contributed by atoms with Gasteiger partial charge in [0.2, 0.25) is 9.05 Å². The van der Waals surface area contributed by atoms with E-state index >= 15 is 0 Å². The van der Waals surface area contributed by atoms with Crippen molar-refractivity contribution >= 4 is 25.4 Å². The van der Waals surface area contributed by atoms with Crippen LogP contribution in [-0.2, 0) is 14.8 Å². The summed E-state index contributed by atoms with van der Waals surface area (Å²) in [6.07, 6.45) is 0. The summed E-state index contributed by atoms with van der Waals surface area (Å²) in [6, 6.07) is 6.59. The Bertz CT molecular complexity index is 390. The lowest BCUT2D eigenvalue weighted by molar-refractivity contribution is -0.826. The highest BCUT2D eigenvalue weighted by molar-refractivity contribution is 8.13. The Balaban J connectivity index is 3.01. The zero-order chi connectivity index (χ0) is 9.90. The van der Waals surface area contributed by atoms with Crippen molar-refractivity contribution in [1.29, 1.82) is 0 Å². The SMILES string of the molecule is O=S(=O)(Cl)Cc1ccccc1[NH2+]O. The highest BCUT2D eigenvalue weighted by Gasteiger charge is 2.12. The van der Waals surface area contributed by atoms with Crippen molar-refractivity contribution < 1.29 is 19.1 Å². The average molecular weight is 223 g/mol. The van der Waals surface area contributed by atoms with Crippen LogP contribution in [0.3, 0.4) is 0 Å². The van der Waals surface area contributed by atoms with Gasteiger partial charge in [-0.15, -0.1) is 0 Å². The summed E-state index contributed by atoms with van der Waals surface area (Å²) in [7, 11) is 1.50. The molecule has 0 aliphatic rings. The fourth-order valence-electron chi connectivity index (χ4n) is 0.977. The van der Waals surface area contributed by atoms with Crippen LogP contribution >= 0.6 is 10.7 Å². The van der Waals surface area contributed by atoms with Crippen LogP contribution in [0.25, 0.3) is 0 Å². The molecule has 0 aromatic heterocycles. The maximum atomic E-state index is 10.7. The predicted molar refractivity (Wildman–Crippen MR) is 48.3 cm³/mol. The Hall–Kier alpha value is -0.620. The summed E-state index contributed by atoms with van der Waals surface area (Å²) in [6.45, 7) is 0. The summed E-state index contributed by atoms with van der Waals surface area (Å²) < 4.78 is 21.5. The molecule has 0 unspecified atom stereocenters. The molecule has 6 heteroatoms. The number of halogens is 1. The molecule has 0 amide bonds. The molecule has 4 nitrogen and oxygen atoms in total. The summed E-state index contributed by atoms with van der Waals surface area (Å²) in [5, 5.41) is 8.75. The second kappa shape index (κ2) is 4.06. The molecule has 1 aromatic carbocycles. The van der Waals surface area contributed by atoms with Gasteiger partial charge < -0.3 is 0 Å². The lowest BCUT2D eigenvalue weighted by Crippen LogP contribution is -2.74. The average Bonchev–Trinajstić information content (AvgIpc) is 2.02. The molecule has 0 aliphatic carbocycles. The molecule has 13 heavy (non-hydrogen) atoms. The van der Waals surface area contributed by atoms with Gasteiger partial charge >= 0.3 is 0 Å². The number of quaternary nitrogens is 1. The maximum Gasteiger partial charge on any atom is 0.236 e. The molecule has 0 aliphatic heterocycles. The second-order valence-corrected chi connectivity index (χ2v) is 5.29. The molecule has 0 fully saturated rings. The lowest BCUT2D eigenvalue weighted by Gasteiger charge is -2.00. The first-order valence-corrected chi connectivity index (χ1v) is 5.98.